The van der Waals surface area contributed by atoms with Crippen molar-refractivity contribution in [2.24, 2.45) is 11.6 Å². The lowest BCUT2D eigenvalue weighted by atomic mass is 10.5. The van der Waals surface area contributed by atoms with Crippen LogP contribution in [-0.4, -0.2) is 21.8 Å². The number of hydrogen-bond acceptors (Lipinski definition) is 5. The molecule has 9 nitrogen and oxygen atoms in total. The standard InChI is InChI=1S/C2H5N5O4/c3-1(5-4)2(6(8)9)7(10)11/h2H,4H2,(H2,3,5)/p+1. The molecule has 0 unspecified atom stereocenters. The van der Waals surface area contributed by atoms with Crippen LogP contribution in [0.5, 0.6) is 0 Å². The van der Waals surface area contributed by atoms with E-state index in [1.54, 1.807) is 5.10 Å². The lowest BCUT2D eigenvalue weighted by Crippen LogP contribution is -2.85. The number of hydrazone groups is 1. The van der Waals surface area contributed by atoms with E-state index in [1.807, 2.05) is 0 Å². The van der Waals surface area contributed by atoms with Crippen molar-refractivity contribution >= 4 is 5.84 Å². The summed E-state index contributed by atoms with van der Waals surface area (Å²) in [7, 11) is 0. The molecule has 0 amide bonds. The second kappa shape index (κ2) is 3.29. The maximum Gasteiger partial charge on any atom is 0.549 e. The Morgan fingerprint density at radius 3 is 1.82 bits per heavy atom. The second-order valence-corrected chi connectivity index (χ2v) is 1.54. The summed E-state index contributed by atoms with van der Waals surface area (Å²) < 4.78 is 0. The quantitative estimate of drug-likeness (QED) is 0.0969. The average molecular weight is 164 g/mol. The summed E-state index contributed by atoms with van der Waals surface area (Å²) in [5, 5.41) is 21.5. The van der Waals surface area contributed by atoms with Crippen LogP contribution in [0.1, 0.15) is 0 Å². The normalized spacial score (nSPS) is 11.5. The molecular formula is C2H6N5O4+. The van der Waals surface area contributed by atoms with Crippen LogP contribution in [0.4, 0.5) is 0 Å². The lowest BCUT2D eigenvalue weighted by Gasteiger charge is -1.94. The Balaban J connectivity index is 4.62. The fourth-order valence-electron chi connectivity index (χ4n) is 0.379. The summed E-state index contributed by atoms with van der Waals surface area (Å²) in [6.45, 7) is 0. The third-order valence-electron chi connectivity index (χ3n) is 0.844. The molecule has 0 heterocycles. The second-order valence-electron chi connectivity index (χ2n) is 1.54. The lowest BCUT2D eigenvalue weighted by molar-refractivity contribution is -0.727. The third kappa shape index (κ3) is 2.04. The molecule has 0 aliphatic carbocycles. The first-order chi connectivity index (χ1) is 5.00. The predicted octanol–water partition coefficient (Wildman–Crippen LogP) is -3.82. The van der Waals surface area contributed by atoms with Gasteiger partial charge in [0.15, 0.2) is 0 Å². The number of hydrogen-bond donors (Lipinski definition) is 3. The van der Waals surface area contributed by atoms with E-state index < -0.39 is 21.8 Å². The zero-order chi connectivity index (χ0) is 9.02. The molecule has 0 saturated carbocycles. The van der Waals surface area contributed by atoms with Gasteiger partial charge in [0, 0.05) is 0 Å². The molecule has 0 fully saturated rings. The van der Waals surface area contributed by atoms with E-state index in [1.165, 1.54) is 0 Å². The van der Waals surface area contributed by atoms with Crippen LogP contribution in [0.2, 0.25) is 0 Å². The summed E-state index contributed by atoms with van der Waals surface area (Å²) >= 11 is 0. The minimum atomic E-state index is -2.19. The van der Waals surface area contributed by atoms with Gasteiger partial charge in [-0.25, -0.2) is 0 Å². The molecule has 0 saturated heterocycles. The molecule has 62 valence electrons. The first kappa shape index (κ1) is 9.07. The third-order valence-corrected chi connectivity index (χ3v) is 0.844. The molecular weight excluding hydrogens is 158 g/mol. The molecule has 5 N–H and O–H groups in total. The SMILES string of the molecule is N[NH+]=C(N)C([N+](=O)[O-])[N+](=O)[O-]. The van der Waals surface area contributed by atoms with Crippen molar-refractivity contribution in [3.8, 4) is 0 Å². The molecule has 0 aromatic rings. The highest BCUT2D eigenvalue weighted by Gasteiger charge is 2.42. The Bertz CT molecular complexity index is 197. The van der Waals surface area contributed by atoms with E-state index in [9.17, 15) is 20.2 Å². The summed E-state index contributed by atoms with van der Waals surface area (Å²) in [4.78, 5) is 17.5. The molecule has 0 atom stereocenters. The number of rotatable bonds is 3. The van der Waals surface area contributed by atoms with Crippen molar-refractivity contribution in [2.75, 3.05) is 0 Å². The highest BCUT2D eigenvalue weighted by molar-refractivity contribution is 5.77. The topological polar surface area (TPSA) is 152 Å². The van der Waals surface area contributed by atoms with Crippen LogP contribution >= 0.6 is 0 Å². The predicted molar refractivity (Wildman–Crippen MR) is 32.1 cm³/mol. The molecule has 0 spiro atoms. The van der Waals surface area contributed by atoms with Gasteiger partial charge in [0.2, 0.25) is 0 Å². The van der Waals surface area contributed by atoms with Crippen molar-refractivity contribution in [3.63, 3.8) is 0 Å². The highest BCUT2D eigenvalue weighted by Crippen LogP contribution is 1.86. The molecule has 0 aliphatic heterocycles. The maximum atomic E-state index is 9.91. The summed E-state index contributed by atoms with van der Waals surface area (Å²) in [5.41, 5.74) is 4.82. The largest absolute Gasteiger partial charge is 0.549 e. The zero-order valence-electron chi connectivity index (χ0n) is 5.26. The average Bonchev–Trinajstić information content (AvgIpc) is 1.85. The molecule has 0 rings (SSSR count). The minimum Gasteiger partial charge on any atom is -0.277 e. The fraction of sp³-hybridized carbons (Fsp3) is 0.500. The van der Waals surface area contributed by atoms with Gasteiger partial charge in [-0.05, 0) is 0 Å². The number of nitrogens with two attached hydrogens (primary N) is 2. The van der Waals surface area contributed by atoms with E-state index >= 15 is 0 Å². The molecule has 0 aromatic heterocycles. The first-order valence-corrected chi connectivity index (χ1v) is 2.36. The number of hydrazine groups is 1. The smallest absolute Gasteiger partial charge is 0.277 e. The molecule has 0 aromatic carbocycles. The van der Waals surface area contributed by atoms with Crippen LogP contribution < -0.4 is 16.7 Å². The Morgan fingerprint density at radius 2 is 1.73 bits per heavy atom. The van der Waals surface area contributed by atoms with E-state index in [-0.39, 0.29) is 0 Å². The van der Waals surface area contributed by atoms with Gasteiger partial charge < -0.3 is 0 Å². The first-order valence-electron chi connectivity index (χ1n) is 2.36. The zero-order valence-corrected chi connectivity index (χ0v) is 5.26. The molecule has 9 heteroatoms. The molecule has 0 bridgehead atoms. The summed E-state index contributed by atoms with van der Waals surface area (Å²) in [6, 6.07) is 0. The van der Waals surface area contributed by atoms with Crippen LogP contribution in [0, 0.1) is 20.2 Å². The van der Waals surface area contributed by atoms with E-state index in [4.69, 9.17) is 5.73 Å². The van der Waals surface area contributed by atoms with Crippen molar-refractivity contribution in [1.82, 2.24) is 0 Å². The number of nitrogens with zero attached hydrogens (tertiary/aromatic N) is 2. The number of nitro groups is 2. The molecule has 0 aliphatic rings. The van der Waals surface area contributed by atoms with Gasteiger partial charge in [0.25, 0.3) is 0 Å². The van der Waals surface area contributed by atoms with Crippen molar-refractivity contribution in [3.05, 3.63) is 20.2 Å². The Labute approximate surface area is 60.0 Å². The van der Waals surface area contributed by atoms with Crippen LogP contribution in [0.25, 0.3) is 0 Å². The number of amidine groups is 1. The maximum absolute atomic E-state index is 9.91. The van der Waals surface area contributed by atoms with Gasteiger partial charge in [0.1, 0.15) is 9.85 Å². The van der Waals surface area contributed by atoms with Crippen LogP contribution in [0.3, 0.4) is 0 Å². The fourth-order valence-corrected chi connectivity index (χ4v) is 0.379. The van der Waals surface area contributed by atoms with Gasteiger partial charge >= 0.3 is 12.0 Å². The van der Waals surface area contributed by atoms with Crippen molar-refractivity contribution in [1.29, 1.82) is 0 Å². The van der Waals surface area contributed by atoms with Crippen LogP contribution in [-0.2, 0) is 0 Å². The Hall–Kier alpha value is -1.93. The summed E-state index contributed by atoms with van der Waals surface area (Å²) in [5.74, 6) is 3.92. The minimum absolute atomic E-state index is 0.708. The van der Waals surface area contributed by atoms with Crippen LogP contribution in [0.15, 0.2) is 0 Å². The van der Waals surface area contributed by atoms with Gasteiger partial charge in [-0.3, -0.25) is 31.8 Å². The van der Waals surface area contributed by atoms with E-state index in [0.29, 0.717) is 0 Å². The van der Waals surface area contributed by atoms with Crippen molar-refractivity contribution < 1.29 is 14.9 Å². The van der Waals surface area contributed by atoms with Gasteiger partial charge in [-0.2, -0.15) is 5.10 Å². The molecule has 0 radical (unpaired) electrons. The Morgan fingerprint density at radius 1 is 1.36 bits per heavy atom. The van der Waals surface area contributed by atoms with E-state index in [2.05, 4.69) is 5.84 Å². The van der Waals surface area contributed by atoms with Gasteiger partial charge in [-0.1, -0.05) is 0 Å². The highest BCUT2D eigenvalue weighted by atomic mass is 16.7. The monoisotopic (exact) mass is 164 g/mol. The number of nitrogens with one attached hydrogen (secondary N) is 1. The molecule has 11 heavy (non-hydrogen) atoms. The van der Waals surface area contributed by atoms with Crippen molar-refractivity contribution in [2.45, 2.75) is 6.17 Å². The summed E-state index contributed by atoms with van der Waals surface area (Å²) in [6.07, 6.45) is -2.19. The Kier molecular flexibility index (Phi) is 2.71. The van der Waals surface area contributed by atoms with E-state index in [0.717, 1.165) is 0 Å². The van der Waals surface area contributed by atoms with Gasteiger partial charge in [0.05, 0.1) is 0 Å². The van der Waals surface area contributed by atoms with Gasteiger partial charge in [-0.15, -0.1) is 0 Å².